The van der Waals surface area contributed by atoms with Crippen LogP contribution in [-0.4, -0.2) is 25.7 Å². The summed E-state index contributed by atoms with van der Waals surface area (Å²) in [4.78, 5) is 0.0300. The molecule has 0 bridgehead atoms. The van der Waals surface area contributed by atoms with E-state index in [9.17, 15) is 8.42 Å². The highest BCUT2D eigenvalue weighted by molar-refractivity contribution is 7.93. The molecule has 0 aliphatic carbocycles. The van der Waals surface area contributed by atoms with Crippen molar-refractivity contribution >= 4 is 26.5 Å². The first-order valence-electron chi connectivity index (χ1n) is 5.23. The van der Waals surface area contributed by atoms with Crippen LogP contribution < -0.4 is 15.2 Å². The lowest BCUT2D eigenvalue weighted by Crippen LogP contribution is -2.14. The van der Waals surface area contributed by atoms with E-state index in [1.165, 1.54) is 18.7 Å². The van der Waals surface area contributed by atoms with E-state index in [1.54, 1.807) is 12.1 Å². The second kappa shape index (κ2) is 5.51. The highest BCUT2D eigenvalue weighted by atomic mass is 32.2. The van der Waals surface area contributed by atoms with Crippen molar-refractivity contribution in [3.05, 3.63) is 29.3 Å². The smallest absolute Gasteiger partial charge is 0.267 e. The van der Waals surface area contributed by atoms with E-state index < -0.39 is 10.0 Å². The maximum absolute atomic E-state index is 12.2. The van der Waals surface area contributed by atoms with E-state index in [0.29, 0.717) is 6.54 Å². The van der Waals surface area contributed by atoms with Crippen molar-refractivity contribution in [3.8, 4) is 5.75 Å². The summed E-state index contributed by atoms with van der Waals surface area (Å²) in [6, 6.07) is 4.68. The highest BCUT2D eigenvalue weighted by Gasteiger charge is 2.21. The van der Waals surface area contributed by atoms with Crippen LogP contribution in [0.1, 0.15) is 5.56 Å². The highest BCUT2D eigenvalue weighted by Crippen LogP contribution is 2.27. The van der Waals surface area contributed by atoms with Gasteiger partial charge in [0, 0.05) is 6.54 Å². The van der Waals surface area contributed by atoms with Crippen LogP contribution in [0.25, 0.3) is 0 Å². The predicted molar refractivity (Wildman–Crippen MR) is 71.6 cm³/mol. The van der Waals surface area contributed by atoms with Crippen LogP contribution in [0.15, 0.2) is 28.6 Å². The zero-order valence-corrected chi connectivity index (χ0v) is 11.7. The van der Waals surface area contributed by atoms with Gasteiger partial charge in [0.05, 0.1) is 7.11 Å². The van der Waals surface area contributed by atoms with Crippen LogP contribution in [-0.2, 0) is 16.6 Å². The minimum Gasteiger partial charge on any atom is -0.495 e. The molecule has 9 heteroatoms. The van der Waals surface area contributed by atoms with E-state index >= 15 is 0 Å². The number of hydrogen-bond acceptors (Lipinski definition) is 7. The van der Waals surface area contributed by atoms with Crippen molar-refractivity contribution in [2.75, 3.05) is 11.8 Å². The van der Waals surface area contributed by atoms with E-state index in [4.69, 9.17) is 10.5 Å². The fraction of sp³-hybridized carbons (Fsp3) is 0.200. The van der Waals surface area contributed by atoms with Crippen molar-refractivity contribution in [2.24, 2.45) is 5.73 Å². The third kappa shape index (κ3) is 3.00. The molecule has 0 aliphatic rings. The number of nitrogens with one attached hydrogen (secondary N) is 1. The molecular formula is C10H12N4O3S2. The van der Waals surface area contributed by atoms with Gasteiger partial charge in [-0.3, -0.25) is 4.72 Å². The zero-order valence-electron chi connectivity index (χ0n) is 10.0. The molecule has 19 heavy (non-hydrogen) atoms. The number of benzene rings is 1. The minimum atomic E-state index is -3.76. The second-order valence-electron chi connectivity index (χ2n) is 3.54. The maximum atomic E-state index is 12.2. The summed E-state index contributed by atoms with van der Waals surface area (Å²) >= 11 is 1.09. The Kier molecular flexibility index (Phi) is 3.98. The lowest BCUT2D eigenvalue weighted by molar-refractivity contribution is 0.402. The van der Waals surface area contributed by atoms with Crippen LogP contribution in [0.4, 0.5) is 5.13 Å². The van der Waals surface area contributed by atoms with Gasteiger partial charge in [0.2, 0.25) is 5.13 Å². The fourth-order valence-electron chi connectivity index (χ4n) is 1.45. The molecule has 0 spiro atoms. The molecule has 0 amide bonds. The summed E-state index contributed by atoms with van der Waals surface area (Å²) in [6.45, 7) is 0.306. The van der Waals surface area contributed by atoms with Crippen LogP contribution in [0.5, 0.6) is 5.75 Å². The van der Waals surface area contributed by atoms with Gasteiger partial charge >= 0.3 is 0 Å². The maximum Gasteiger partial charge on any atom is 0.267 e. The molecule has 102 valence electrons. The Morgan fingerprint density at radius 1 is 1.47 bits per heavy atom. The normalized spacial score (nSPS) is 11.3. The lowest BCUT2D eigenvalue weighted by Gasteiger charge is -2.10. The number of nitrogens with zero attached hydrogens (tertiary/aromatic N) is 2. The summed E-state index contributed by atoms with van der Waals surface area (Å²) in [6.07, 6.45) is 0. The molecule has 0 fully saturated rings. The molecule has 0 aliphatic heterocycles. The summed E-state index contributed by atoms with van der Waals surface area (Å²) in [5.74, 6) is 0.236. The zero-order chi connectivity index (χ0) is 13.9. The molecule has 0 unspecified atom stereocenters. The molecule has 2 rings (SSSR count). The van der Waals surface area contributed by atoms with E-state index in [1.807, 2.05) is 0 Å². The third-order valence-electron chi connectivity index (χ3n) is 2.33. The van der Waals surface area contributed by atoms with Crippen LogP contribution in [0.3, 0.4) is 0 Å². The first kappa shape index (κ1) is 13.7. The molecule has 3 N–H and O–H groups in total. The molecule has 1 aromatic heterocycles. The van der Waals surface area contributed by atoms with Gasteiger partial charge in [0.15, 0.2) is 0 Å². The fourth-order valence-corrected chi connectivity index (χ4v) is 3.29. The molecule has 0 saturated carbocycles. The number of methoxy groups -OCH3 is 1. The van der Waals surface area contributed by atoms with Gasteiger partial charge in [-0.05, 0) is 17.7 Å². The van der Waals surface area contributed by atoms with Crippen LogP contribution >= 0.6 is 11.3 Å². The number of nitrogens with two attached hydrogens (primary N) is 1. The summed E-state index contributed by atoms with van der Waals surface area (Å²) in [5, 5.41) is 7.40. The van der Waals surface area contributed by atoms with Gasteiger partial charge in [-0.1, -0.05) is 17.4 Å². The number of sulfonamides is 1. The van der Waals surface area contributed by atoms with Crippen LogP contribution in [0.2, 0.25) is 0 Å². The molecule has 2 aromatic rings. The first-order valence-corrected chi connectivity index (χ1v) is 7.59. The summed E-state index contributed by atoms with van der Waals surface area (Å²) in [7, 11) is -2.36. The molecule has 1 aromatic carbocycles. The van der Waals surface area contributed by atoms with Gasteiger partial charge < -0.3 is 10.5 Å². The van der Waals surface area contributed by atoms with E-state index in [2.05, 4.69) is 14.9 Å². The van der Waals surface area contributed by atoms with Crippen molar-refractivity contribution in [1.29, 1.82) is 0 Å². The molecule has 0 radical (unpaired) electrons. The van der Waals surface area contributed by atoms with E-state index in [0.717, 1.165) is 16.9 Å². The third-order valence-corrected chi connectivity index (χ3v) is 4.45. The molecule has 0 atom stereocenters. The molecule has 1 heterocycles. The largest absolute Gasteiger partial charge is 0.495 e. The Balaban J connectivity index is 2.40. The van der Waals surface area contributed by atoms with Crippen molar-refractivity contribution < 1.29 is 13.2 Å². The van der Waals surface area contributed by atoms with Crippen molar-refractivity contribution in [2.45, 2.75) is 11.4 Å². The number of ether oxygens (including phenoxy) is 1. The molecule has 0 saturated heterocycles. The monoisotopic (exact) mass is 300 g/mol. The number of aromatic nitrogens is 2. The van der Waals surface area contributed by atoms with Gasteiger partial charge in [0.1, 0.15) is 16.2 Å². The van der Waals surface area contributed by atoms with Crippen LogP contribution in [0, 0.1) is 0 Å². The molecular weight excluding hydrogens is 288 g/mol. The van der Waals surface area contributed by atoms with Gasteiger partial charge in [0.25, 0.3) is 10.0 Å². The van der Waals surface area contributed by atoms with Gasteiger partial charge in [-0.2, -0.15) is 0 Å². The number of hydrogen-bond donors (Lipinski definition) is 2. The van der Waals surface area contributed by atoms with Crippen molar-refractivity contribution in [1.82, 2.24) is 10.2 Å². The standard InChI is InChI=1S/C10H12N4O3S2/c1-17-8-4-7(5-11)2-3-9(8)19(15,16)14-10-13-12-6-18-10/h2-4,6H,5,11H2,1H3,(H,13,14). The Morgan fingerprint density at radius 3 is 2.84 bits per heavy atom. The predicted octanol–water partition coefficient (Wildman–Crippen LogP) is 0.806. The quantitative estimate of drug-likeness (QED) is 0.846. The van der Waals surface area contributed by atoms with Crippen molar-refractivity contribution in [3.63, 3.8) is 0 Å². The average Bonchev–Trinajstić information content (AvgIpc) is 2.89. The number of anilines is 1. The van der Waals surface area contributed by atoms with E-state index in [-0.39, 0.29) is 15.8 Å². The summed E-state index contributed by atoms with van der Waals surface area (Å²) < 4.78 is 31.8. The Morgan fingerprint density at radius 2 is 2.26 bits per heavy atom. The Hall–Kier alpha value is -1.71. The van der Waals surface area contributed by atoms with Gasteiger partial charge in [-0.25, -0.2) is 8.42 Å². The minimum absolute atomic E-state index is 0.0300. The Bertz CT molecular complexity index is 655. The topological polar surface area (TPSA) is 107 Å². The lowest BCUT2D eigenvalue weighted by atomic mass is 10.2. The number of rotatable bonds is 5. The van der Waals surface area contributed by atoms with Gasteiger partial charge in [-0.15, -0.1) is 10.2 Å². The average molecular weight is 300 g/mol. The Labute approximate surface area is 114 Å². The summed E-state index contributed by atoms with van der Waals surface area (Å²) in [5.41, 5.74) is 7.73. The SMILES string of the molecule is COc1cc(CN)ccc1S(=O)(=O)Nc1nncs1. The second-order valence-corrected chi connectivity index (χ2v) is 6.02. The molecule has 7 nitrogen and oxygen atoms in total. The first-order chi connectivity index (χ1) is 9.06.